The maximum atomic E-state index is 11.7. The van der Waals surface area contributed by atoms with Crippen LogP contribution in [0.5, 0.6) is 0 Å². The van der Waals surface area contributed by atoms with Crippen molar-refractivity contribution in [3.8, 4) is 0 Å². The van der Waals surface area contributed by atoms with E-state index < -0.39 is 11.4 Å². The summed E-state index contributed by atoms with van der Waals surface area (Å²) in [5.74, 6) is -0.174. The van der Waals surface area contributed by atoms with Gasteiger partial charge in [0.25, 0.3) is 0 Å². The van der Waals surface area contributed by atoms with Crippen molar-refractivity contribution in [3.05, 3.63) is 35.4 Å². The Morgan fingerprint density at radius 2 is 1.95 bits per heavy atom. The number of rotatable bonds is 4. The van der Waals surface area contributed by atoms with Crippen LogP contribution in [-0.4, -0.2) is 16.2 Å². The number of aliphatic hydroxyl groups is 1. The zero-order valence-corrected chi connectivity index (χ0v) is 11.4. The van der Waals surface area contributed by atoms with Crippen molar-refractivity contribution in [1.29, 1.82) is 0 Å². The summed E-state index contributed by atoms with van der Waals surface area (Å²) in [5.41, 5.74) is 1.32. The van der Waals surface area contributed by atoms with E-state index in [0.717, 1.165) is 36.8 Å². The SMILES string of the molecule is CC1CCCC(Cc2ccc(CO)cc2)(C(=O)O)C1. The topological polar surface area (TPSA) is 57.5 Å². The molecule has 0 radical (unpaired) electrons. The number of hydrogen-bond donors (Lipinski definition) is 2. The monoisotopic (exact) mass is 262 g/mol. The van der Waals surface area contributed by atoms with Crippen molar-refractivity contribution in [1.82, 2.24) is 0 Å². The minimum absolute atomic E-state index is 0.0292. The van der Waals surface area contributed by atoms with Crippen molar-refractivity contribution in [2.24, 2.45) is 11.3 Å². The van der Waals surface area contributed by atoms with Crippen LogP contribution in [0.1, 0.15) is 43.7 Å². The third-order valence-corrected chi connectivity index (χ3v) is 4.29. The van der Waals surface area contributed by atoms with Gasteiger partial charge in [-0.15, -0.1) is 0 Å². The number of carboxylic acids is 1. The first-order valence-electron chi connectivity index (χ1n) is 6.98. The van der Waals surface area contributed by atoms with Crippen molar-refractivity contribution in [2.45, 2.75) is 45.6 Å². The number of carboxylic acid groups (broad SMARTS) is 1. The highest BCUT2D eigenvalue weighted by Crippen LogP contribution is 2.42. The molecule has 1 fully saturated rings. The van der Waals surface area contributed by atoms with Crippen molar-refractivity contribution >= 4 is 5.97 Å². The van der Waals surface area contributed by atoms with Gasteiger partial charge in [-0.05, 0) is 36.3 Å². The van der Waals surface area contributed by atoms with E-state index in [9.17, 15) is 9.90 Å². The van der Waals surface area contributed by atoms with Gasteiger partial charge in [-0.2, -0.15) is 0 Å². The molecule has 2 atom stereocenters. The average Bonchev–Trinajstić information content (AvgIpc) is 2.39. The molecule has 0 spiro atoms. The van der Waals surface area contributed by atoms with E-state index in [4.69, 9.17) is 5.11 Å². The average molecular weight is 262 g/mol. The van der Waals surface area contributed by atoms with Crippen LogP contribution in [0.3, 0.4) is 0 Å². The van der Waals surface area contributed by atoms with Crippen LogP contribution in [-0.2, 0) is 17.8 Å². The normalized spacial score (nSPS) is 27.2. The maximum Gasteiger partial charge on any atom is 0.309 e. The van der Waals surface area contributed by atoms with E-state index in [1.54, 1.807) is 0 Å². The summed E-state index contributed by atoms with van der Waals surface area (Å²) in [6.45, 7) is 2.17. The third kappa shape index (κ3) is 3.16. The molecule has 0 amide bonds. The van der Waals surface area contributed by atoms with Gasteiger partial charge in [0.15, 0.2) is 0 Å². The predicted molar refractivity (Wildman–Crippen MR) is 73.8 cm³/mol. The fourth-order valence-electron chi connectivity index (χ4n) is 3.24. The molecule has 2 rings (SSSR count). The van der Waals surface area contributed by atoms with Gasteiger partial charge in [0, 0.05) is 0 Å². The van der Waals surface area contributed by atoms with Crippen LogP contribution in [0.4, 0.5) is 0 Å². The van der Waals surface area contributed by atoms with Gasteiger partial charge in [-0.25, -0.2) is 0 Å². The summed E-state index contributed by atoms with van der Waals surface area (Å²) in [7, 11) is 0. The van der Waals surface area contributed by atoms with E-state index in [0.29, 0.717) is 12.3 Å². The minimum Gasteiger partial charge on any atom is -0.481 e. The van der Waals surface area contributed by atoms with Gasteiger partial charge in [0.1, 0.15) is 0 Å². The van der Waals surface area contributed by atoms with Crippen LogP contribution < -0.4 is 0 Å². The zero-order valence-electron chi connectivity index (χ0n) is 11.4. The van der Waals surface area contributed by atoms with Gasteiger partial charge < -0.3 is 10.2 Å². The molecule has 0 bridgehead atoms. The second-order valence-corrected chi connectivity index (χ2v) is 5.94. The van der Waals surface area contributed by atoms with Crippen molar-refractivity contribution in [2.75, 3.05) is 0 Å². The lowest BCUT2D eigenvalue weighted by Crippen LogP contribution is -2.37. The first-order chi connectivity index (χ1) is 9.05. The van der Waals surface area contributed by atoms with Gasteiger partial charge in [0.2, 0.25) is 0 Å². The van der Waals surface area contributed by atoms with E-state index in [1.165, 1.54) is 0 Å². The number of benzene rings is 1. The third-order valence-electron chi connectivity index (χ3n) is 4.29. The molecule has 19 heavy (non-hydrogen) atoms. The van der Waals surface area contributed by atoms with Crippen LogP contribution in [0.25, 0.3) is 0 Å². The summed E-state index contributed by atoms with van der Waals surface area (Å²) >= 11 is 0. The number of hydrogen-bond acceptors (Lipinski definition) is 2. The molecule has 0 heterocycles. The lowest BCUT2D eigenvalue weighted by molar-refractivity contribution is -0.152. The van der Waals surface area contributed by atoms with Crippen LogP contribution in [0.2, 0.25) is 0 Å². The fourth-order valence-corrected chi connectivity index (χ4v) is 3.24. The number of aliphatic carboxylic acids is 1. The Morgan fingerprint density at radius 1 is 1.32 bits per heavy atom. The molecule has 1 saturated carbocycles. The molecule has 0 aliphatic heterocycles. The Hall–Kier alpha value is -1.35. The van der Waals surface area contributed by atoms with E-state index in [1.807, 2.05) is 24.3 Å². The number of carbonyl (C=O) groups is 1. The highest BCUT2D eigenvalue weighted by Gasteiger charge is 2.41. The van der Waals surface area contributed by atoms with Crippen molar-refractivity contribution in [3.63, 3.8) is 0 Å². The summed E-state index contributed by atoms with van der Waals surface area (Å²) in [6, 6.07) is 7.62. The molecule has 2 N–H and O–H groups in total. The molecule has 2 unspecified atom stereocenters. The molecule has 1 aliphatic rings. The standard InChI is InChI=1S/C16H22O3/c1-12-3-2-8-16(9-12,15(18)19)10-13-4-6-14(11-17)7-5-13/h4-7,12,17H,2-3,8-11H2,1H3,(H,18,19). The second kappa shape index (κ2) is 5.74. The molecular weight excluding hydrogens is 240 g/mol. The molecule has 3 nitrogen and oxygen atoms in total. The highest BCUT2D eigenvalue weighted by molar-refractivity contribution is 5.75. The molecule has 104 valence electrons. The Balaban J connectivity index is 2.18. The lowest BCUT2D eigenvalue weighted by Gasteiger charge is -2.36. The number of aliphatic hydroxyl groups excluding tert-OH is 1. The summed E-state index contributed by atoms with van der Waals surface area (Å²) in [4.78, 5) is 11.7. The van der Waals surface area contributed by atoms with Crippen LogP contribution in [0.15, 0.2) is 24.3 Å². The quantitative estimate of drug-likeness (QED) is 0.877. The molecule has 0 aromatic heterocycles. The van der Waals surface area contributed by atoms with Crippen LogP contribution >= 0.6 is 0 Å². The van der Waals surface area contributed by atoms with Gasteiger partial charge in [-0.3, -0.25) is 4.79 Å². The Kier molecular flexibility index (Phi) is 4.25. The molecule has 3 heteroatoms. The Morgan fingerprint density at radius 3 is 2.47 bits per heavy atom. The summed E-state index contributed by atoms with van der Waals surface area (Å²) in [6.07, 6.45) is 4.28. The van der Waals surface area contributed by atoms with Gasteiger partial charge in [-0.1, -0.05) is 44.0 Å². The van der Waals surface area contributed by atoms with E-state index >= 15 is 0 Å². The molecule has 1 aliphatic carbocycles. The van der Waals surface area contributed by atoms with E-state index in [-0.39, 0.29) is 6.61 Å². The van der Waals surface area contributed by atoms with E-state index in [2.05, 4.69) is 6.92 Å². The largest absolute Gasteiger partial charge is 0.481 e. The van der Waals surface area contributed by atoms with Gasteiger partial charge >= 0.3 is 5.97 Å². The Labute approximate surface area is 114 Å². The summed E-state index contributed by atoms with van der Waals surface area (Å²) < 4.78 is 0. The first kappa shape index (κ1) is 14.1. The second-order valence-electron chi connectivity index (χ2n) is 5.94. The fraction of sp³-hybridized carbons (Fsp3) is 0.562. The summed E-state index contributed by atoms with van der Waals surface area (Å²) in [5, 5.41) is 18.7. The lowest BCUT2D eigenvalue weighted by atomic mass is 9.67. The predicted octanol–water partition coefficient (Wildman–Crippen LogP) is 3.00. The maximum absolute atomic E-state index is 11.7. The molecule has 0 saturated heterocycles. The van der Waals surface area contributed by atoms with Gasteiger partial charge in [0.05, 0.1) is 12.0 Å². The zero-order chi connectivity index (χ0) is 13.9. The molecular formula is C16H22O3. The highest BCUT2D eigenvalue weighted by atomic mass is 16.4. The smallest absolute Gasteiger partial charge is 0.309 e. The minimum atomic E-state index is -0.662. The first-order valence-corrected chi connectivity index (χ1v) is 6.98. The van der Waals surface area contributed by atoms with Crippen molar-refractivity contribution < 1.29 is 15.0 Å². The molecule has 1 aromatic carbocycles. The molecule has 1 aromatic rings. The Bertz CT molecular complexity index is 438. The van der Waals surface area contributed by atoms with Crippen LogP contribution in [0, 0.1) is 11.3 Å².